The Balaban J connectivity index is 1.11. The molecule has 0 saturated carbocycles. The highest BCUT2D eigenvalue weighted by atomic mass is 16.2. The number of benzene rings is 4. The van der Waals surface area contributed by atoms with Crippen molar-refractivity contribution in [3.63, 3.8) is 0 Å². The fourth-order valence-electron chi connectivity index (χ4n) is 10.1. The number of carbonyl (C=O) groups excluding carboxylic acids is 8. The van der Waals surface area contributed by atoms with Crippen LogP contribution in [0, 0.1) is 10.8 Å². The molecule has 4 aromatic carbocycles. The van der Waals surface area contributed by atoms with Gasteiger partial charge in [0.25, 0.3) is 11.8 Å². The fraction of sp³-hybridized carbons (Fsp3) is 0.426. The molecule has 5 aromatic rings. The number of aromatic amines is 1. The van der Waals surface area contributed by atoms with E-state index >= 15 is 0 Å². The Labute approximate surface area is 474 Å². The van der Waals surface area contributed by atoms with Crippen molar-refractivity contribution in [2.75, 3.05) is 27.2 Å². The van der Waals surface area contributed by atoms with E-state index in [0.29, 0.717) is 0 Å². The minimum atomic E-state index is -1.08. The van der Waals surface area contributed by atoms with E-state index in [1.807, 2.05) is 163 Å². The van der Waals surface area contributed by atoms with Crippen molar-refractivity contribution in [3.05, 3.63) is 161 Å². The van der Waals surface area contributed by atoms with Crippen LogP contribution in [0.1, 0.15) is 124 Å². The van der Waals surface area contributed by atoms with Crippen LogP contribution >= 0.6 is 0 Å². The maximum atomic E-state index is 14.8. The van der Waals surface area contributed by atoms with E-state index in [9.17, 15) is 38.4 Å². The van der Waals surface area contributed by atoms with Crippen LogP contribution in [0.4, 0.5) is 0 Å². The maximum Gasteiger partial charge on any atom is 0.272 e. The third-order valence-electron chi connectivity index (χ3n) is 15.1. The van der Waals surface area contributed by atoms with Gasteiger partial charge in [-0.1, -0.05) is 163 Å². The number of hydrogen-bond acceptors (Lipinski definition) is 11. The molecule has 20 heteroatoms. The lowest BCUT2D eigenvalue weighted by molar-refractivity contribution is -0.144. The van der Waals surface area contributed by atoms with E-state index in [-0.39, 0.29) is 37.3 Å². The molecule has 20 nitrogen and oxygen atoms in total. The summed E-state index contributed by atoms with van der Waals surface area (Å²) in [4.78, 5) is 117. The molecule has 3 heterocycles. The fourth-order valence-corrected chi connectivity index (χ4v) is 10.1. The largest absolute Gasteiger partial charge is 0.346 e. The second kappa shape index (κ2) is 26.4. The van der Waals surface area contributed by atoms with Crippen LogP contribution in [0.25, 0.3) is 0 Å². The summed E-state index contributed by atoms with van der Waals surface area (Å²) in [6, 6.07) is 30.7. The summed E-state index contributed by atoms with van der Waals surface area (Å²) in [5.41, 5.74) is 1.41. The lowest BCUT2D eigenvalue weighted by Crippen LogP contribution is -2.59. The summed E-state index contributed by atoms with van der Waals surface area (Å²) in [7, 11) is 3.27. The number of nitrogens with zero attached hydrogens (tertiary/aromatic N) is 3. The molecule has 430 valence electrons. The number of H-pyrrole nitrogens is 1. The van der Waals surface area contributed by atoms with Gasteiger partial charge in [-0.25, -0.2) is 0 Å². The molecule has 2 aliphatic heterocycles. The van der Waals surface area contributed by atoms with Crippen molar-refractivity contribution in [1.29, 1.82) is 0 Å². The van der Waals surface area contributed by atoms with E-state index in [0.717, 1.165) is 22.3 Å². The average molecular weight is 1110 g/mol. The molecule has 2 fully saturated rings. The first kappa shape index (κ1) is 60.4. The maximum absolute atomic E-state index is 14.8. The van der Waals surface area contributed by atoms with E-state index in [2.05, 4.69) is 52.7 Å². The molecule has 9 N–H and O–H groups in total. The normalized spacial score (nSPS) is 18.8. The molecular weight excluding hydrogens is 1030 g/mol. The topological polar surface area (TPSA) is 268 Å². The van der Waals surface area contributed by atoms with Crippen molar-refractivity contribution < 1.29 is 38.4 Å². The third kappa shape index (κ3) is 15.0. The number of carbonyl (C=O) groups is 8. The standard InChI is InChI=1S/C61H78N12O8/c1-36(62-9)52(74)68-50(60(3,4)5)58(80)72-34-42(31-46(72)56(78)66-48(38-23-15-11-16-24-38)39-25-17-12-18-26-39)64-54(76)44-33-45(71-70-44)55(77)65-43-32-47(73(35-43)59(81)51(61(6,7)8)69-53(75)37(2)63-10)57(79)67-49(40-27-19-13-20-28-40)41-29-21-14-22-30-41/h11-30,33,36-37,42-43,46-51,62-63H,31-32,34-35H2,1-10H3,(H,64,76)(H,65,77)(H,66,78)(H,67,79)(H,68,74)(H,69,75)(H,70,71)/t36-,37-,42-,43-,46-,47-,50+,51+/m0/s1. The SMILES string of the molecule is CN[C@@H](C)C(=O)N[C@H](C(=O)N1C[C@@H](NC(=O)c2cc(C(=O)N[C@H]3C[C@@H](C(=O)NC(c4ccccc4)c4ccccc4)N(C(=O)[C@@H](NC(=O)[C@H](C)NC)C(C)(C)C)C3)[nH]n2)C[C@H]1C(=O)NC(c1ccccc1)c1ccccc1)C(C)(C)C. The summed E-state index contributed by atoms with van der Waals surface area (Å²) < 4.78 is 0. The minimum absolute atomic E-state index is 0.00641. The van der Waals surface area contributed by atoms with Gasteiger partial charge in [-0.05, 0) is 73.9 Å². The Kier molecular flexibility index (Phi) is 19.7. The zero-order valence-electron chi connectivity index (χ0n) is 47.8. The molecule has 81 heavy (non-hydrogen) atoms. The zero-order valence-corrected chi connectivity index (χ0v) is 47.8. The van der Waals surface area contributed by atoms with Crippen LogP contribution in [0.15, 0.2) is 127 Å². The molecule has 0 aliphatic carbocycles. The predicted molar refractivity (Wildman–Crippen MR) is 307 cm³/mol. The number of hydrogen-bond donors (Lipinski definition) is 9. The van der Waals surface area contributed by atoms with Crippen molar-refractivity contribution >= 4 is 47.3 Å². The number of aromatic nitrogens is 2. The van der Waals surface area contributed by atoms with Gasteiger partial charge in [0.1, 0.15) is 29.9 Å². The highest BCUT2D eigenvalue weighted by Gasteiger charge is 2.48. The number of nitrogens with one attached hydrogen (secondary N) is 9. The minimum Gasteiger partial charge on any atom is -0.346 e. The second-order valence-corrected chi connectivity index (χ2v) is 23.2. The Bertz CT molecular complexity index is 2720. The van der Waals surface area contributed by atoms with Crippen LogP contribution < -0.4 is 42.5 Å². The summed E-state index contributed by atoms with van der Waals surface area (Å²) in [5, 5.41) is 30.6. The molecule has 2 saturated heterocycles. The Hall–Kier alpha value is -8.23. The Morgan fingerprint density at radius 3 is 1.16 bits per heavy atom. The highest BCUT2D eigenvalue weighted by molar-refractivity contribution is 5.99. The molecule has 7 rings (SSSR count). The second-order valence-electron chi connectivity index (χ2n) is 23.2. The van der Waals surface area contributed by atoms with Gasteiger partial charge in [-0.2, -0.15) is 5.10 Å². The first-order chi connectivity index (χ1) is 38.5. The van der Waals surface area contributed by atoms with Gasteiger partial charge < -0.3 is 52.3 Å². The molecule has 2 aliphatic rings. The third-order valence-corrected chi connectivity index (χ3v) is 15.1. The lowest BCUT2D eigenvalue weighted by atomic mass is 9.85. The van der Waals surface area contributed by atoms with Gasteiger partial charge >= 0.3 is 0 Å². The molecule has 1 aromatic heterocycles. The molecule has 0 bridgehead atoms. The first-order valence-corrected chi connectivity index (χ1v) is 27.5. The van der Waals surface area contributed by atoms with Crippen molar-refractivity contribution in [2.24, 2.45) is 10.8 Å². The highest BCUT2D eigenvalue weighted by Crippen LogP contribution is 2.31. The smallest absolute Gasteiger partial charge is 0.272 e. The molecule has 0 unspecified atom stereocenters. The van der Waals surface area contributed by atoms with Crippen LogP contribution in [0.3, 0.4) is 0 Å². The van der Waals surface area contributed by atoms with Gasteiger partial charge in [0.2, 0.25) is 35.4 Å². The summed E-state index contributed by atoms with van der Waals surface area (Å²) in [5.74, 6) is -4.13. The van der Waals surface area contributed by atoms with Crippen LogP contribution in [-0.4, -0.2) is 143 Å². The van der Waals surface area contributed by atoms with Crippen molar-refractivity contribution in [1.82, 2.24) is 62.5 Å². The van der Waals surface area contributed by atoms with Crippen LogP contribution in [0.2, 0.25) is 0 Å². The lowest BCUT2D eigenvalue weighted by Gasteiger charge is -2.36. The van der Waals surface area contributed by atoms with Gasteiger partial charge in [0.15, 0.2) is 5.69 Å². The molecule has 8 amide bonds. The molecule has 0 radical (unpaired) electrons. The average Bonchev–Trinajstić information content (AvgIpc) is 4.25. The summed E-state index contributed by atoms with van der Waals surface area (Å²) in [6.07, 6.45) is 0.0165. The number of likely N-dealkylation sites (tertiary alicyclic amines) is 2. The quantitative estimate of drug-likeness (QED) is 0.0540. The molecule has 8 atom stereocenters. The monoisotopic (exact) mass is 1110 g/mol. The van der Waals surface area contributed by atoms with E-state index < -0.39 is 119 Å². The molecule has 0 spiro atoms. The van der Waals surface area contributed by atoms with Crippen molar-refractivity contribution in [3.8, 4) is 0 Å². The Morgan fingerprint density at radius 2 is 0.840 bits per heavy atom. The van der Waals surface area contributed by atoms with Crippen LogP contribution in [-0.2, 0) is 28.8 Å². The van der Waals surface area contributed by atoms with Gasteiger partial charge in [-0.3, -0.25) is 43.5 Å². The van der Waals surface area contributed by atoms with Crippen LogP contribution in [0.5, 0.6) is 0 Å². The van der Waals surface area contributed by atoms with E-state index in [4.69, 9.17) is 0 Å². The number of likely N-dealkylation sites (N-methyl/N-ethyl adjacent to an activating group) is 2. The van der Waals surface area contributed by atoms with Gasteiger partial charge in [-0.15, -0.1) is 0 Å². The first-order valence-electron chi connectivity index (χ1n) is 27.5. The summed E-state index contributed by atoms with van der Waals surface area (Å²) >= 11 is 0. The predicted octanol–water partition coefficient (Wildman–Crippen LogP) is 3.90. The molecular formula is C61H78N12O8. The zero-order chi connectivity index (χ0) is 58.8. The van der Waals surface area contributed by atoms with Gasteiger partial charge in [0, 0.05) is 31.2 Å². The van der Waals surface area contributed by atoms with Gasteiger partial charge in [0.05, 0.1) is 24.2 Å². The van der Waals surface area contributed by atoms with E-state index in [1.54, 1.807) is 27.9 Å². The number of amides is 8. The summed E-state index contributed by atoms with van der Waals surface area (Å²) in [6.45, 7) is 14.1. The Morgan fingerprint density at radius 1 is 0.506 bits per heavy atom. The van der Waals surface area contributed by atoms with E-state index in [1.165, 1.54) is 15.9 Å². The van der Waals surface area contributed by atoms with Crippen molar-refractivity contribution in [2.45, 2.75) is 129 Å². The number of rotatable bonds is 20.